The summed E-state index contributed by atoms with van der Waals surface area (Å²) in [5.41, 5.74) is 1.27. The predicted molar refractivity (Wildman–Crippen MR) is 79.4 cm³/mol. The average Bonchev–Trinajstić information content (AvgIpc) is 2.37. The average molecular weight is 313 g/mol. The lowest BCUT2D eigenvalue weighted by atomic mass is 10.2. The zero-order valence-electron chi connectivity index (χ0n) is 9.77. The highest BCUT2D eigenvalue weighted by atomic mass is 35.5. The van der Waals surface area contributed by atoms with Gasteiger partial charge in [0.1, 0.15) is 0 Å². The maximum atomic E-state index is 10.8. The quantitative estimate of drug-likeness (QED) is 0.809. The second kappa shape index (κ2) is 6.33. The molecule has 1 N–H and O–H groups in total. The molecule has 5 heteroatoms. The molecule has 2 aromatic rings. The molecule has 0 fully saturated rings. The number of thioether (sulfide) groups is 1. The van der Waals surface area contributed by atoms with Crippen molar-refractivity contribution in [2.24, 2.45) is 0 Å². The molecule has 98 valence electrons. The lowest BCUT2D eigenvalue weighted by molar-refractivity contribution is 0.0697. The van der Waals surface area contributed by atoms with E-state index in [0.717, 1.165) is 16.2 Å². The fourth-order valence-electron chi connectivity index (χ4n) is 1.51. The molecule has 0 bridgehead atoms. The van der Waals surface area contributed by atoms with E-state index in [-0.39, 0.29) is 10.6 Å². The van der Waals surface area contributed by atoms with Crippen LogP contribution in [0.2, 0.25) is 10.0 Å². The second-order valence-electron chi connectivity index (χ2n) is 3.86. The molecule has 0 aliphatic heterocycles. The maximum Gasteiger partial charge on any atom is 0.337 e. The molecule has 0 aromatic heterocycles. The van der Waals surface area contributed by atoms with Crippen molar-refractivity contribution in [3.8, 4) is 0 Å². The molecule has 0 saturated heterocycles. The largest absolute Gasteiger partial charge is 0.478 e. The number of aromatic carboxylic acids is 1. The molecule has 0 aliphatic rings. The van der Waals surface area contributed by atoms with Crippen LogP contribution >= 0.6 is 35.0 Å². The molecule has 0 saturated carbocycles. The SMILES string of the molecule is O=C(O)c1ccc(SCc2ccc(Cl)cc2)cc1Cl. The lowest BCUT2D eigenvalue weighted by Crippen LogP contribution is -1.96. The van der Waals surface area contributed by atoms with Gasteiger partial charge in [0, 0.05) is 15.7 Å². The first-order chi connectivity index (χ1) is 9.06. The third-order valence-corrected chi connectivity index (χ3v) is 4.12. The molecule has 2 rings (SSSR count). The van der Waals surface area contributed by atoms with Crippen LogP contribution in [0.4, 0.5) is 0 Å². The lowest BCUT2D eigenvalue weighted by Gasteiger charge is -2.04. The molecule has 0 aliphatic carbocycles. The Hall–Kier alpha value is -1.16. The molecule has 0 spiro atoms. The number of hydrogen-bond acceptors (Lipinski definition) is 2. The standard InChI is InChI=1S/C14H10Cl2O2S/c15-10-3-1-9(2-4-10)8-19-11-5-6-12(14(17)18)13(16)7-11/h1-7H,8H2,(H,17,18). The zero-order chi connectivity index (χ0) is 13.8. The van der Waals surface area contributed by atoms with Crippen molar-refractivity contribution in [1.82, 2.24) is 0 Å². The summed E-state index contributed by atoms with van der Waals surface area (Å²) in [6, 6.07) is 12.6. The minimum absolute atomic E-state index is 0.123. The Morgan fingerprint density at radius 1 is 1.11 bits per heavy atom. The van der Waals surface area contributed by atoms with Crippen molar-refractivity contribution >= 4 is 40.9 Å². The summed E-state index contributed by atoms with van der Waals surface area (Å²) in [4.78, 5) is 11.8. The minimum atomic E-state index is -1.01. The van der Waals surface area contributed by atoms with Crippen LogP contribution < -0.4 is 0 Å². The number of carboxylic acid groups (broad SMARTS) is 1. The van der Waals surface area contributed by atoms with E-state index >= 15 is 0 Å². The van der Waals surface area contributed by atoms with Gasteiger partial charge in [0.25, 0.3) is 0 Å². The van der Waals surface area contributed by atoms with E-state index in [1.54, 1.807) is 23.9 Å². The van der Waals surface area contributed by atoms with Crippen molar-refractivity contribution in [2.45, 2.75) is 10.6 Å². The Labute approximate surface area is 125 Å². The van der Waals surface area contributed by atoms with Gasteiger partial charge in [0.15, 0.2) is 0 Å². The Bertz CT molecular complexity index is 597. The van der Waals surface area contributed by atoms with Crippen molar-refractivity contribution < 1.29 is 9.90 Å². The third-order valence-electron chi connectivity index (χ3n) is 2.49. The highest BCUT2D eigenvalue weighted by Crippen LogP contribution is 2.27. The summed E-state index contributed by atoms with van der Waals surface area (Å²) in [5, 5.41) is 9.86. The summed E-state index contributed by atoms with van der Waals surface area (Å²) in [5.74, 6) is -0.237. The maximum absolute atomic E-state index is 10.8. The van der Waals surface area contributed by atoms with Crippen LogP contribution in [-0.4, -0.2) is 11.1 Å². The van der Waals surface area contributed by atoms with Crippen molar-refractivity contribution in [2.75, 3.05) is 0 Å². The molecular weight excluding hydrogens is 303 g/mol. The van der Waals surface area contributed by atoms with Gasteiger partial charge >= 0.3 is 5.97 Å². The van der Waals surface area contributed by atoms with Crippen LogP contribution in [0.25, 0.3) is 0 Å². The highest BCUT2D eigenvalue weighted by Gasteiger charge is 2.09. The summed E-state index contributed by atoms with van der Waals surface area (Å²) < 4.78 is 0. The van der Waals surface area contributed by atoms with E-state index < -0.39 is 5.97 Å². The van der Waals surface area contributed by atoms with E-state index in [1.807, 2.05) is 24.3 Å². The first kappa shape index (κ1) is 14.3. The van der Waals surface area contributed by atoms with Gasteiger partial charge in [-0.15, -0.1) is 11.8 Å². The Balaban J connectivity index is 2.06. The normalized spacial score (nSPS) is 10.4. The van der Waals surface area contributed by atoms with Crippen LogP contribution in [-0.2, 0) is 5.75 Å². The predicted octanol–water partition coefficient (Wildman–Crippen LogP) is 4.98. The molecule has 0 amide bonds. The zero-order valence-corrected chi connectivity index (χ0v) is 12.1. The number of halogens is 2. The summed E-state index contributed by atoms with van der Waals surface area (Å²) in [6.07, 6.45) is 0. The van der Waals surface area contributed by atoms with Gasteiger partial charge in [-0.1, -0.05) is 35.3 Å². The van der Waals surface area contributed by atoms with Gasteiger partial charge in [0.2, 0.25) is 0 Å². The summed E-state index contributed by atoms with van der Waals surface area (Å²) in [6.45, 7) is 0. The summed E-state index contributed by atoms with van der Waals surface area (Å²) >= 11 is 13.3. The minimum Gasteiger partial charge on any atom is -0.478 e. The van der Waals surface area contributed by atoms with Gasteiger partial charge < -0.3 is 5.11 Å². The molecule has 2 aromatic carbocycles. The van der Waals surface area contributed by atoms with Gasteiger partial charge in [-0.2, -0.15) is 0 Å². The third kappa shape index (κ3) is 3.90. The van der Waals surface area contributed by atoms with Crippen molar-refractivity contribution in [3.05, 3.63) is 63.6 Å². The Morgan fingerprint density at radius 3 is 2.37 bits per heavy atom. The number of hydrogen-bond donors (Lipinski definition) is 1. The van der Waals surface area contributed by atoms with E-state index in [1.165, 1.54) is 6.07 Å². The first-order valence-electron chi connectivity index (χ1n) is 5.46. The molecule has 2 nitrogen and oxygen atoms in total. The van der Waals surface area contributed by atoms with Crippen LogP contribution in [0.3, 0.4) is 0 Å². The smallest absolute Gasteiger partial charge is 0.337 e. The molecule has 0 heterocycles. The van der Waals surface area contributed by atoms with Crippen LogP contribution in [0.5, 0.6) is 0 Å². The van der Waals surface area contributed by atoms with Gasteiger partial charge in [0.05, 0.1) is 10.6 Å². The van der Waals surface area contributed by atoms with E-state index in [9.17, 15) is 4.79 Å². The number of carboxylic acids is 1. The number of rotatable bonds is 4. The first-order valence-corrected chi connectivity index (χ1v) is 7.20. The van der Waals surface area contributed by atoms with E-state index in [4.69, 9.17) is 28.3 Å². The fraction of sp³-hybridized carbons (Fsp3) is 0.0714. The monoisotopic (exact) mass is 312 g/mol. The molecule has 0 radical (unpaired) electrons. The van der Waals surface area contributed by atoms with Gasteiger partial charge in [-0.05, 0) is 35.9 Å². The molecule has 0 atom stereocenters. The fourth-order valence-corrected chi connectivity index (χ4v) is 2.85. The van der Waals surface area contributed by atoms with Crippen molar-refractivity contribution in [1.29, 1.82) is 0 Å². The Morgan fingerprint density at radius 2 is 1.79 bits per heavy atom. The van der Waals surface area contributed by atoms with Gasteiger partial charge in [-0.3, -0.25) is 0 Å². The van der Waals surface area contributed by atoms with Crippen LogP contribution in [0.1, 0.15) is 15.9 Å². The van der Waals surface area contributed by atoms with Crippen LogP contribution in [0, 0.1) is 0 Å². The van der Waals surface area contributed by atoms with E-state index in [0.29, 0.717) is 5.02 Å². The number of benzene rings is 2. The highest BCUT2D eigenvalue weighted by molar-refractivity contribution is 7.98. The second-order valence-corrected chi connectivity index (χ2v) is 5.75. The van der Waals surface area contributed by atoms with Gasteiger partial charge in [-0.25, -0.2) is 4.79 Å². The number of carbonyl (C=O) groups is 1. The van der Waals surface area contributed by atoms with Crippen molar-refractivity contribution in [3.63, 3.8) is 0 Å². The van der Waals surface area contributed by atoms with E-state index in [2.05, 4.69) is 0 Å². The Kier molecular flexibility index (Phi) is 4.75. The molecular formula is C14H10Cl2O2S. The molecule has 0 unspecified atom stereocenters. The molecule has 19 heavy (non-hydrogen) atoms. The topological polar surface area (TPSA) is 37.3 Å². The summed E-state index contributed by atoms with van der Waals surface area (Å²) in [7, 11) is 0. The van der Waals surface area contributed by atoms with Crippen LogP contribution in [0.15, 0.2) is 47.4 Å².